The maximum atomic E-state index is 13.3. The quantitative estimate of drug-likeness (QED) is 0.556. The number of anilines is 1. The Labute approximate surface area is 188 Å². The van der Waals surface area contributed by atoms with Crippen LogP contribution in [0.25, 0.3) is 0 Å². The molecule has 0 fully saturated rings. The summed E-state index contributed by atoms with van der Waals surface area (Å²) >= 11 is 0. The number of carbonyl (C=O) groups is 2. The second-order valence-corrected chi connectivity index (χ2v) is 7.71. The van der Waals surface area contributed by atoms with Crippen molar-refractivity contribution >= 4 is 17.5 Å². The van der Waals surface area contributed by atoms with Crippen LogP contribution in [-0.2, 0) is 11.3 Å². The number of para-hydroxylation sites is 1. The fourth-order valence-electron chi connectivity index (χ4n) is 4.09. The van der Waals surface area contributed by atoms with Gasteiger partial charge >= 0.3 is 0 Å². The Kier molecular flexibility index (Phi) is 6.12. The SMILES string of the molecule is COc1ccc([C@@H](CC(=O)N(C)c2ccccc2)N2Cc3ccccc3C2=O)cc1OC. The molecule has 1 heterocycles. The molecule has 164 valence electrons. The Balaban J connectivity index is 1.69. The number of fused-ring (bicyclic) bond motifs is 1. The maximum Gasteiger partial charge on any atom is 0.255 e. The van der Waals surface area contributed by atoms with Crippen LogP contribution >= 0.6 is 0 Å². The van der Waals surface area contributed by atoms with E-state index in [0.717, 1.165) is 16.8 Å². The topological polar surface area (TPSA) is 59.1 Å². The Morgan fingerprint density at radius 2 is 1.66 bits per heavy atom. The van der Waals surface area contributed by atoms with Crippen molar-refractivity contribution in [2.45, 2.75) is 19.0 Å². The van der Waals surface area contributed by atoms with Crippen molar-refractivity contribution in [2.24, 2.45) is 0 Å². The highest BCUT2D eigenvalue weighted by Crippen LogP contribution is 2.37. The number of amides is 2. The summed E-state index contributed by atoms with van der Waals surface area (Å²) in [4.78, 5) is 29.9. The van der Waals surface area contributed by atoms with E-state index in [4.69, 9.17) is 9.47 Å². The fraction of sp³-hybridized carbons (Fsp3) is 0.231. The predicted molar refractivity (Wildman–Crippen MR) is 123 cm³/mol. The van der Waals surface area contributed by atoms with Crippen molar-refractivity contribution < 1.29 is 19.1 Å². The van der Waals surface area contributed by atoms with Crippen LogP contribution in [0, 0.1) is 0 Å². The largest absolute Gasteiger partial charge is 0.493 e. The molecule has 0 saturated carbocycles. The normalized spacial score (nSPS) is 13.5. The summed E-state index contributed by atoms with van der Waals surface area (Å²) in [5.74, 6) is 0.997. The summed E-state index contributed by atoms with van der Waals surface area (Å²) in [5.41, 5.74) is 3.27. The molecule has 0 aliphatic carbocycles. The third-order valence-corrected chi connectivity index (χ3v) is 5.90. The van der Waals surface area contributed by atoms with Crippen LogP contribution in [0.1, 0.15) is 33.9 Å². The molecular formula is C26H26N2O4. The van der Waals surface area contributed by atoms with Crippen LogP contribution in [0.4, 0.5) is 5.69 Å². The molecule has 1 aliphatic rings. The van der Waals surface area contributed by atoms with Crippen LogP contribution in [0.3, 0.4) is 0 Å². The summed E-state index contributed by atoms with van der Waals surface area (Å²) in [6.45, 7) is 0.455. The molecule has 6 heteroatoms. The van der Waals surface area contributed by atoms with Crippen molar-refractivity contribution in [1.82, 2.24) is 4.90 Å². The van der Waals surface area contributed by atoms with Gasteiger partial charge in [-0.1, -0.05) is 42.5 Å². The van der Waals surface area contributed by atoms with Gasteiger partial charge in [-0.3, -0.25) is 9.59 Å². The zero-order valence-electron chi connectivity index (χ0n) is 18.4. The molecule has 0 aromatic heterocycles. The molecule has 0 bridgehead atoms. The van der Waals surface area contributed by atoms with Gasteiger partial charge in [-0.15, -0.1) is 0 Å². The number of nitrogens with zero attached hydrogens (tertiary/aromatic N) is 2. The molecule has 0 unspecified atom stereocenters. The van der Waals surface area contributed by atoms with Gasteiger partial charge in [0.05, 0.1) is 26.7 Å². The molecule has 3 aromatic rings. The second kappa shape index (κ2) is 9.14. The van der Waals surface area contributed by atoms with Gasteiger partial charge in [0, 0.05) is 24.8 Å². The number of ether oxygens (including phenoxy) is 2. The van der Waals surface area contributed by atoms with E-state index in [-0.39, 0.29) is 18.2 Å². The lowest BCUT2D eigenvalue weighted by molar-refractivity contribution is -0.119. The van der Waals surface area contributed by atoms with Crippen LogP contribution in [0.5, 0.6) is 11.5 Å². The van der Waals surface area contributed by atoms with Gasteiger partial charge in [0.15, 0.2) is 11.5 Å². The standard InChI is InChI=1S/C26H26N2O4/c1-27(20-10-5-4-6-11-20)25(29)16-22(18-13-14-23(31-2)24(15-18)32-3)28-17-19-9-7-8-12-21(19)26(28)30/h4-15,22H,16-17H2,1-3H3/t22-/m1/s1. The first-order valence-corrected chi connectivity index (χ1v) is 10.5. The molecule has 0 N–H and O–H groups in total. The summed E-state index contributed by atoms with van der Waals surface area (Å²) in [5, 5.41) is 0. The van der Waals surface area contributed by atoms with E-state index >= 15 is 0 Å². The van der Waals surface area contributed by atoms with Crippen LogP contribution in [0.15, 0.2) is 72.8 Å². The highest BCUT2D eigenvalue weighted by atomic mass is 16.5. The summed E-state index contributed by atoms with van der Waals surface area (Å²) in [6.07, 6.45) is 0.139. The molecule has 0 spiro atoms. The van der Waals surface area contributed by atoms with Gasteiger partial charge in [-0.25, -0.2) is 0 Å². The third kappa shape index (κ3) is 4.04. The minimum absolute atomic E-state index is 0.0736. The molecule has 0 radical (unpaired) electrons. The van der Waals surface area contributed by atoms with E-state index in [1.165, 1.54) is 0 Å². The molecule has 32 heavy (non-hydrogen) atoms. The summed E-state index contributed by atoms with van der Waals surface area (Å²) in [6, 6.07) is 22.1. The van der Waals surface area contributed by atoms with E-state index in [9.17, 15) is 9.59 Å². The number of hydrogen-bond donors (Lipinski definition) is 0. The summed E-state index contributed by atoms with van der Waals surface area (Å²) < 4.78 is 10.8. The van der Waals surface area contributed by atoms with Crippen molar-refractivity contribution in [3.63, 3.8) is 0 Å². The third-order valence-electron chi connectivity index (χ3n) is 5.90. The first-order chi connectivity index (χ1) is 15.5. The van der Waals surface area contributed by atoms with Gasteiger partial charge in [0.1, 0.15) is 0 Å². The fourth-order valence-corrected chi connectivity index (χ4v) is 4.09. The van der Waals surface area contributed by atoms with Crippen molar-refractivity contribution in [2.75, 3.05) is 26.2 Å². The highest BCUT2D eigenvalue weighted by molar-refractivity contribution is 5.99. The minimum atomic E-state index is -0.451. The van der Waals surface area contributed by atoms with Gasteiger partial charge in [-0.2, -0.15) is 0 Å². The lowest BCUT2D eigenvalue weighted by Crippen LogP contribution is -2.35. The zero-order chi connectivity index (χ0) is 22.7. The highest BCUT2D eigenvalue weighted by Gasteiger charge is 2.35. The second-order valence-electron chi connectivity index (χ2n) is 7.71. The van der Waals surface area contributed by atoms with Crippen molar-refractivity contribution in [3.8, 4) is 11.5 Å². The molecule has 1 atom stereocenters. The lowest BCUT2D eigenvalue weighted by Gasteiger charge is -2.30. The summed E-state index contributed by atoms with van der Waals surface area (Å²) in [7, 11) is 4.90. The first kappa shape index (κ1) is 21.4. The number of rotatable bonds is 7. The monoisotopic (exact) mass is 430 g/mol. The van der Waals surface area contributed by atoms with Gasteiger partial charge in [0.2, 0.25) is 5.91 Å². The molecular weight excluding hydrogens is 404 g/mol. The van der Waals surface area contributed by atoms with E-state index in [0.29, 0.717) is 23.6 Å². The average Bonchev–Trinajstić information content (AvgIpc) is 3.18. The van der Waals surface area contributed by atoms with E-state index in [1.54, 1.807) is 37.1 Å². The van der Waals surface area contributed by atoms with E-state index in [1.807, 2.05) is 66.7 Å². The number of hydrogen-bond acceptors (Lipinski definition) is 4. The average molecular weight is 431 g/mol. The Bertz CT molecular complexity index is 1130. The number of benzene rings is 3. The van der Waals surface area contributed by atoms with Crippen LogP contribution in [-0.4, -0.2) is 38.0 Å². The smallest absolute Gasteiger partial charge is 0.255 e. The van der Waals surface area contributed by atoms with Crippen LogP contribution in [0.2, 0.25) is 0 Å². The van der Waals surface area contributed by atoms with Gasteiger partial charge in [0.25, 0.3) is 5.91 Å². The molecule has 6 nitrogen and oxygen atoms in total. The van der Waals surface area contributed by atoms with Crippen molar-refractivity contribution in [1.29, 1.82) is 0 Å². The number of carbonyl (C=O) groups excluding carboxylic acids is 2. The number of methoxy groups -OCH3 is 2. The zero-order valence-corrected chi connectivity index (χ0v) is 18.4. The molecule has 4 rings (SSSR count). The van der Waals surface area contributed by atoms with E-state index in [2.05, 4.69) is 0 Å². The first-order valence-electron chi connectivity index (χ1n) is 10.5. The molecule has 3 aromatic carbocycles. The molecule has 2 amide bonds. The Morgan fingerprint density at radius 1 is 0.969 bits per heavy atom. The molecule has 0 saturated heterocycles. The van der Waals surface area contributed by atoms with Gasteiger partial charge < -0.3 is 19.3 Å². The van der Waals surface area contributed by atoms with Crippen LogP contribution < -0.4 is 14.4 Å². The van der Waals surface area contributed by atoms with Gasteiger partial charge in [-0.05, 0) is 41.5 Å². The Hall–Kier alpha value is -3.80. The van der Waals surface area contributed by atoms with E-state index < -0.39 is 6.04 Å². The Morgan fingerprint density at radius 3 is 2.34 bits per heavy atom. The van der Waals surface area contributed by atoms with Crippen molar-refractivity contribution in [3.05, 3.63) is 89.5 Å². The predicted octanol–water partition coefficient (Wildman–Crippen LogP) is 4.45. The minimum Gasteiger partial charge on any atom is -0.493 e. The lowest BCUT2D eigenvalue weighted by atomic mass is 10.00. The molecule has 1 aliphatic heterocycles. The maximum absolute atomic E-state index is 13.3.